The first-order valence-corrected chi connectivity index (χ1v) is 9.85. The lowest BCUT2D eigenvalue weighted by molar-refractivity contribution is -0.0127. The van der Waals surface area contributed by atoms with Gasteiger partial charge in [-0.3, -0.25) is 4.90 Å². The number of nitrogens with one attached hydrogen (secondary N) is 1. The Hall–Kier alpha value is -1.79. The summed E-state index contributed by atoms with van der Waals surface area (Å²) in [4.78, 5) is 16.7. The number of rotatable bonds is 5. The summed E-state index contributed by atoms with van der Waals surface area (Å²) in [5.41, 5.74) is -0.289. The van der Waals surface area contributed by atoms with Crippen LogP contribution in [0, 0.1) is 0 Å². The Balaban J connectivity index is 1.25. The lowest BCUT2D eigenvalue weighted by atomic mass is 9.89. The number of hydrogen-bond acceptors (Lipinski definition) is 5. The van der Waals surface area contributed by atoms with Gasteiger partial charge in [-0.1, -0.05) is 18.2 Å². The van der Waals surface area contributed by atoms with Crippen LogP contribution in [-0.4, -0.2) is 73.4 Å². The number of hydrogen-bond donors (Lipinski definition) is 1. The summed E-state index contributed by atoms with van der Waals surface area (Å²) in [5.74, 6) is 0.837. The predicted molar refractivity (Wildman–Crippen MR) is 99.4 cm³/mol. The van der Waals surface area contributed by atoms with Crippen molar-refractivity contribution in [2.24, 2.45) is 0 Å². The zero-order valence-corrected chi connectivity index (χ0v) is 15.4. The van der Waals surface area contributed by atoms with Crippen LogP contribution in [0.4, 0.5) is 4.79 Å². The molecule has 0 unspecified atom stereocenters. The SMILES string of the molecule is O=C1OC2(CCN([C@@H]3CCCNC3)CC2)CN1CCOc1ccccc1. The summed E-state index contributed by atoms with van der Waals surface area (Å²) < 4.78 is 11.6. The zero-order chi connectivity index (χ0) is 17.8. The van der Waals surface area contributed by atoms with Crippen molar-refractivity contribution in [3.8, 4) is 5.75 Å². The first-order valence-electron chi connectivity index (χ1n) is 9.85. The van der Waals surface area contributed by atoms with E-state index in [-0.39, 0.29) is 11.7 Å². The van der Waals surface area contributed by atoms with Gasteiger partial charge in [0.1, 0.15) is 18.0 Å². The number of para-hydroxylation sites is 1. The molecule has 3 heterocycles. The van der Waals surface area contributed by atoms with Crippen LogP contribution in [0.15, 0.2) is 30.3 Å². The van der Waals surface area contributed by atoms with Gasteiger partial charge in [-0.25, -0.2) is 4.79 Å². The fourth-order valence-electron chi connectivity index (χ4n) is 4.36. The molecule has 0 radical (unpaired) electrons. The van der Waals surface area contributed by atoms with Crippen LogP contribution in [0.2, 0.25) is 0 Å². The maximum atomic E-state index is 12.3. The Morgan fingerprint density at radius 3 is 2.77 bits per heavy atom. The van der Waals surface area contributed by atoms with Crippen molar-refractivity contribution in [2.75, 3.05) is 45.9 Å². The number of ether oxygens (including phenoxy) is 2. The molecule has 26 heavy (non-hydrogen) atoms. The van der Waals surface area contributed by atoms with Gasteiger partial charge in [-0.05, 0) is 31.5 Å². The van der Waals surface area contributed by atoms with E-state index >= 15 is 0 Å². The molecule has 3 saturated heterocycles. The first-order chi connectivity index (χ1) is 12.7. The third kappa shape index (κ3) is 3.96. The molecule has 6 heteroatoms. The molecule has 4 rings (SSSR count). The van der Waals surface area contributed by atoms with Crippen molar-refractivity contribution in [1.82, 2.24) is 15.1 Å². The molecule has 1 spiro atoms. The van der Waals surface area contributed by atoms with E-state index in [0.717, 1.165) is 44.8 Å². The Morgan fingerprint density at radius 2 is 2.04 bits per heavy atom. The third-order valence-electron chi connectivity index (χ3n) is 5.91. The highest BCUT2D eigenvalue weighted by atomic mass is 16.6. The summed E-state index contributed by atoms with van der Waals surface area (Å²) in [6.07, 6.45) is 4.23. The quantitative estimate of drug-likeness (QED) is 0.873. The molecule has 1 aromatic carbocycles. The van der Waals surface area contributed by atoms with Gasteiger partial charge >= 0.3 is 6.09 Å². The van der Waals surface area contributed by atoms with E-state index in [1.54, 1.807) is 4.90 Å². The highest BCUT2D eigenvalue weighted by Gasteiger charge is 2.47. The molecule has 0 aliphatic carbocycles. The number of carbonyl (C=O) groups excluding carboxylic acids is 1. The Morgan fingerprint density at radius 1 is 1.23 bits per heavy atom. The van der Waals surface area contributed by atoms with Gasteiger partial charge in [0.15, 0.2) is 0 Å². The highest BCUT2D eigenvalue weighted by molar-refractivity contribution is 5.70. The average molecular weight is 359 g/mol. The van der Waals surface area contributed by atoms with Crippen molar-refractivity contribution in [2.45, 2.75) is 37.3 Å². The largest absolute Gasteiger partial charge is 0.492 e. The second-order valence-electron chi connectivity index (χ2n) is 7.67. The molecule has 3 fully saturated rings. The van der Waals surface area contributed by atoms with E-state index in [9.17, 15) is 4.79 Å². The molecule has 1 N–H and O–H groups in total. The van der Waals surface area contributed by atoms with E-state index in [1.807, 2.05) is 30.3 Å². The first kappa shape index (κ1) is 17.6. The minimum atomic E-state index is -0.289. The molecule has 6 nitrogen and oxygen atoms in total. The van der Waals surface area contributed by atoms with Crippen LogP contribution < -0.4 is 10.1 Å². The summed E-state index contributed by atoms with van der Waals surface area (Å²) in [6.45, 7) is 6.05. The predicted octanol–water partition coefficient (Wildman–Crippen LogP) is 2.10. The molecule has 1 amide bonds. The Kier molecular flexibility index (Phi) is 5.31. The topological polar surface area (TPSA) is 54.0 Å². The molecule has 3 aliphatic heterocycles. The molecule has 0 bridgehead atoms. The molecule has 142 valence electrons. The number of benzene rings is 1. The monoisotopic (exact) mass is 359 g/mol. The van der Waals surface area contributed by atoms with Crippen molar-refractivity contribution in [1.29, 1.82) is 0 Å². The Bertz CT molecular complexity index is 596. The van der Waals surface area contributed by atoms with Crippen molar-refractivity contribution < 1.29 is 14.3 Å². The van der Waals surface area contributed by atoms with Gasteiger partial charge in [0, 0.05) is 38.5 Å². The van der Waals surface area contributed by atoms with Crippen LogP contribution in [0.3, 0.4) is 0 Å². The third-order valence-corrected chi connectivity index (χ3v) is 5.91. The molecule has 3 aliphatic rings. The molecule has 1 aromatic rings. The van der Waals surface area contributed by atoms with Crippen LogP contribution in [0.1, 0.15) is 25.7 Å². The summed E-state index contributed by atoms with van der Waals surface area (Å²) in [5, 5.41) is 3.49. The van der Waals surface area contributed by atoms with Gasteiger partial charge in [0.2, 0.25) is 0 Å². The van der Waals surface area contributed by atoms with Crippen LogP contribution >= 0.6 is 0 Å². The van der Waals surface area contributed by atoms with E-state index in [1.165, 1.54) is 12.8 Å². The standard InChI is InChI=1S/C20H29N3O3/c24-19-23(13-14-25-18-6-2-1-3-7-18)16-20(26-19)8-11-22(12-9-20)17-5-4-10-21-15-17/h1-3,6-7,17,21H,4-5,8-16H2/t17-/m1/s1. The van der Waals surface area contributed by atoms with Gasteiger partial charge in [-0.2, -0.15) is 0 Å². The van der Waals surface area contributed by atoms with Gasteiger partial charge in [0.25, 0.3) is 0 Å². The van der Waals surface area contributed by atoms with Crippen LogP contribution in [-0.2, 0) is 4.74 Å². The van der Waals surface area contributed by atoms with Crippen LogP contribution in [0.25, 0.3) is 0 Å². The maximum Gasteiger partial charge on any atom is 0.410 e. The number of nitrogens with zero attached hydrogens (tertiary/aromatic N) is 2. The second-order valence-corrected chi connectivity index (χ2v) is 7.67. The zero-order valence-electron chi connectivity index (χ0n) is 15.4. The van der Waals surface area contributed by atoms with E-state index in [2.05, 4.69) is 10.2 Å². The fourth-order valence-corrected chi connectivity index (χ4v) is 4.36. The van der Waals surface area contributed by atoms with Gasteiger partial charge in [0.05, 0.1) is 13.1 Å². The van der Waals surface area contributed by atoms with E-state index < -0.39 is 0 Å². The minimum Gasteiger partial charge on any atom is -0.492 e. The average Bonchev–Trinajstić information content (AvgIpc) is 2.99. The van der Waals surface area contributed by atoms with Gasteiger partial charge < -0.3 is 19.7 Å². The molecular weight excluding hydrogens is 330 g/mol. The van der Waals surface area contributed by atoms with Gasteiger partial charge in [-0.15, -0.1) is 0 Å². The van der Waals surface area contributed by atoms with Crippen molar-refractivity contribution >= 4 is 6.09 Å². The van der Waals surface area contributed by atoms with E-state index in [0.29, 0.717) is 25.7 Å². The summed E-state index contributed by atoms with van der Waals surface area (Å²) in [7, 11) is 0. The van der Waals surface area contributed by atoms with E-state index in [4.69, 9.17) is 9.47 Å². The highest BCUT2D eigenvalue weighted by Crippen LogP contribution is 2.34. The number of amides is 1. The molecular formula is C20H29N3O3. The number of likely N-dealkylation sites (tertiary alicyclic amines) is 1. The van der Waals surface area contributed by atoms with Crippen LogP contribution in [0.5, 0.6) is 5.75 Å². The van der Waals surface area contributed by atoms with Crippen molar-refractivity contribution in [3.63, 3.8) is 0 Å². The maximum absolute atomic E-state index is 12.3. The normalized spacial score (nSPS) is 26.1. The van der Waals surface area contributed by atoms with Crippen molar-refractivity contribution in [3.05, 3.63) is 30.3 Å². The molecule has 0 saturated carbocycles. The number of carbonyl (C=O) groups is 1. The molecule has 1 atom stereocenters. The number of piperidine rings is 2. The summed E-state index contributed by atoms with van der Waals surface area (Å²) >= 11 is 0. The Labute approximate surface area is 155 Å². The smallest absolute Gasteiger partial charge is 0.410 e. The second kappa shape index (κ2) is 7.84. The lowest BCUT2D eigenvalue weighted by Gasteiger charge is -2.42. The molecule has 0 aromatic heterocycles. The summed E-state index contributed by atoms with van der Waals surface area (Å²) in [6, 6.07) is 10.4. The lowest BCUT2D eigenvalue weighted by Crippen LogP contribution is -2.53. The minimum absolute atomic E-state index is 0.186. The fraction of sp³-hybridized carbons (Fsp3) is 0.650.